The number of thioether (sulfide) groups is 1. The molecule has 2 aliphatic rings. The molecule has 8 nitrogen and oxygen atoms in total. The van der Waals surface area contributed by atoms with Crippen LogP contribution in [0.4, 0.5) is 0 Å². The molecule has 2 aliphatic heterocycles. The topological polar surface area (TPSA) is 88.4 Å². The zero-order chi connectivity index (χ0) is 18.9. The number of carbonyl (C=O) groups excluding carboxylic acids is 1. The van der Waals surface area contributed by atoms with Crippen LogP contribution in [-0.2, 0) is 21.7 Å². The molecule has 0 spiro atoms. The van der Waals surface area contributed by atoms with Crippen molar-refractivity contribution in [2.24, 2.45) is 7.05 Å². The van der Waals surface area contributed by atoms with Crippen molar-refractivity contribution in [3.63, 3.8) is 0 Å². The lowest BCUT2D eigenvalue weighted by atomic mass is 10.1. The van der Waals surface area contributed by atoms with Gasteiger partial charge in [-0.15, -0.1) is 10.2 Å². The van der Waals surface area contributed by atoms with Gasteiger partial charge < -0.3 is 14.4 Å². The first-order valence-corrected chi connectivity index (χ1v) is 11.8. The third-order valence-electron chi connectivity index (χ3n) is 5.23. The Hall–Kier alpha value is -1.13. The monoisotopic (exact) mass is 401 g/mol. The fourth-order valence-electron chi connectivity index (χ4n) is 3.53. The average molecular weight is 402 g/mol. The predicted octanol–water partition coefficient (Wildman–Crippen LogP) is 0.362. The molecule has 3 heterocycles. The molecule has 0 bridgehead atoms. The number of rotatable bonds is 5. The Morgan fingerprint density at radius 1 is 1.27 bits per heavy atom. The van der Waals surface area contributed by atoms with Crippen LogP contribution < -0.4 is 0 Å². The van der Waals surface area contributed by atoms with Gasteiger partial charge in [-0.25, -0.2) is 8.42 Å². The molecule has 0 unspecified atom stereocenters. The van der Waals surface area contributed by atoms with Gasteiger partial charge in [0.25, 0.3) is 0 Å². The van der Waals surface area contributed by atoms with E-state index in [-0.39, 0.29) is 28.6 Å². The Labute approximate surface area is 159 Å². The molecule has 0 aliphatic carbocycles. The SMILES string of the molecule is CCN1CCN(C(=O)[C@@H](C)Sc2nnc([C@H]3CCS(=O)(=O)C3)n2C)CC1. The molecule has 0 saturated carbocycles. The van der Waals surface area contributed by atoms with Crippen molar-refractivity contribution >= 4 is 27.5 Å². The lowest BCUT2D eigenvalue weighted by Crippen LogP contribution is -2.50. The van der Waals surface area contributed by atoms with Crippen LogP contribution in [0, 0.1) is 0 Å². The molecule has 2 atom stereocenters. The minimum atomic E-state index is -2.96. The summed E-state index contributed by atoms with van der Waals surface area (Å²) >= 11 is 1.39. The van der Waals surface area contributed by atoms with Crippen LogP contribution in [0.5, 0.6) is 0 Å². The second kappa shape index (κ2) is 7.85. The van der Waals surface area contributed by atoms with E-state index in [0.717, 1.165) is 32.7 Å². The number of piperazine rings is 1. The van der Waals surface area contributed by atoms with Crippen LogP contribution in [0.2, 0.25) is 0 Å². The number of carbonyl (C=O) groups is 1. The third kappa shape index (κ3) is 4.23. The van der Waals surface area contributed by atoms with Gasteiger partial charge in [0, 0.05) is 39.1 Å². The fraction of sp³-hybridized carbons (Fsp3) is 0.812. The number of aromatic nitrogens is 3. The molecule has 10 heteroatoms. The van der Waals surface area contributed by atoms with Gasteiger partial charge in [-0.3, -0.25) is 4.79 Å². The van der Waals surface area contributed by atoms with Crippen molar-refractivity contribution in [3.8, 4) is 0 Å². The lowest BCUT2D eigenvalue weighted by molar-refractivity contribution is -0.132. The summed E-state index contributed by atoms with van der Waals surface area (Å²) in [6.45, 7) is 8.42. The van der Waals surface area contributed by atoms with Gasteiger partial charge >= 0.3 is 0 Å². The maximum Gasteiger partial charge on any atom is 0.235 e. The van der Waals surface area contributed by atoms with E-state index in [1.165, 1.54) is 11.8 Å². The number of amides is 1. The summed E-state index contributed by atoms with van der Waals surface area (Å²) in [4.78, 5) is 17.0. The molecule has 3 rings (SSSR count). The number of nitrogens with zero attached hydrogens (tertiary/aromatic N) is 5. The third-order valence-corrected chi connectivity index (χ3v) is 8.12. The summed E-state index contributed by atoms with van der Waals surface area (Å²) in [5.41, 5.74) is 0. The number of likely N-dealkylation sites (N-methyl/N-ethyl adjacent to an activating group) is 1. The number of sulfone groups is 1. The Kier molecular flexibility index (Phi) is 5.93. The Morgan fingerprint density at radius 3 is 2.54 bits per heavy atom. The van der Waals surface area contributed by atoms with Crippen LogP contribution in [0.1, 0.15) is 32.0 Å². The maximum absolute atomic E-state index is 12.7. The molecular formula is C16H27N5O3S2. The van der Waals surface area contributed by atoms with Gasteiger partial charge in [0.05, 0.1) is 16.8 Å². The largest absolute Gasteiger partial charge is 0.339 e. The van der Waals surface area contributed by atoms with E-state index in [0.29, 0.717) is 17.4 Å². The minimum Gasteiger partial charge on any atom is -0.339 e. The van der Waals surface area contributed by atoms with Crippen molar-refractivity contribution in [2.75, 3.05) is 44.2 Å². The molecular weight excluding hydrogens is 374 g/mol. The molecule has 0 radical (unpaired) electrons. The summed E-state index contributed by atoms with van der Waals surface area (Å²) in [6, 6.07) is 0. The molecule has 2 fully saturated rings. The van der Waals surface area contributed by atoms with Gasteiger partial charge in [-0.1, -0.05) is 18.7 Å². The quantitative estimate of drug-likeness (QED) is 0.658. The van der Waals surface area contributed by atoms with Crippen molar-refractivity contribution in [1.29, 1.82) is 0 Å². The Balaban J connectivity index is 1.61. The van der Waals surface area contributed by atoms with Crippen LogP contribution in [0.15, 0.2) is 5.16 Å². The van der Waals surface area contributed by atoms with Crippen LogP contribution >= 0.6 is 11.8 Å². The summed E-state index contributed by atoms with van der Waals surface area (Å²) < 4.78 is 25.2. The smallest absolute Gasteiger partial charge is 0.235 e. The summed E-state index contributed by atoms with van der Waals surface area (Å²) in [5, 5.41) is 8.83. The summed E-state index contributed by atoms with van der Waals surface area (Å²) in [6.07, 6.45) is 0.592. The number of hydrogen-bond donors (Lipinski definition) is 0. The van der Waals surface area contributed by atoms with Gasteiger partial charge in [0.2, 0.25) is 5.91 Å². The maximum atomic E-state index is 12.7. The average Bonchev–Trinajstić information content (AvgIpc) is 3.16. The van der Waals surface area contributed by atoms with Crippen LogP contribution in [0.25, 0.3) is 0 Å². The first kappa shape index (κ1) is 19.6. The Bertz CT molecular complexity index is 756. The zero-order valence-electron chi connectivity index (χ0n) is 15.6. The van der Waals surface area contributed by atoms with E-state index in [1.54, 1.807) is 0 Å². The molecule has 1 aromatic rings. The minimum absolute atomic E-state index is 0.0972. The van der Waals surface area contributed by atoms with Crippen molar-refractivity contribution in [3.05, 3.63) is 5.82 Å². The summed E-state index contributed by atoms with van der Waals surface area (Å²) in [7, 11) is -1.11. The first-order valence-electron chi connectivity index (χ1n) is 9.08. The standard InChI is InChI=1S/C16H27N5O3S2/c1-4-20-6-8-21(9-7-20)15(22)12(2)25-16-18-17-14(19(16)3)13-5-10-26(23,24)11-13/h12-13H,4-11H2,1-3H3/t12-,13+/m1/s1. The molecule has 0 N–H and O–H groups in total. The van der Waals surface area contributed by atoms with Crippen molar-refractivity contribution in [2.45, 2.75) is 36.6 Å². The zero-order valence-corrected chi connectivity index (χ0v) is 17.2. The first-order chi connectivity index (χ1) is 12.3. The van der Waals surface area contributed by atoms with Gasteiger partial charge in [-0.05, 0) is 19.9 Å². The van der Waals surface area contributed by atoms with Crippen molar-refractivity contribution < 1.29 is 13.2 Å². The van der Waals surface area contributed by atoms with E-state index in [9.17, 15) is 13.2 Å². The van der Waals surface area contributed by atoms with Gasteiger partial charge in [-0.2, -0.15) is 0 Å². The van der Waals surface area contributed by atoms with E-state index in [4.69, 9.17) is 0 Å². The lowest BCUT2D eigenvalue weighted by Gasteiger charge is -2.35. The highest BCUT2D eigenvalue weighted by atomic mass is 32.2. The second-order valence-electron chi connectivity index (χ2n) is 7.02. The van der Waals surface area contributed by atoms with E-state index < -0.39 is 9.84 Å². The van der Waals surface area contributed by atoms with Crippen molar-refractivity contribution in [1.82, 2.24) is 24.6 Å². The van der Waals surface area contributed by atoms with Gasteiger partial charge in [0.1, 0.15) is 5.82 Å². The van der Waals surface area contributed by atoms with E-state index in [2.05, 4.69) is 22.0 Å². The Morgan fingerprint density at radius 2 is 1.96 bits per heavy atom. The second-order valence-corrected chi connectivity index (χ2v) is 10.6. The van der Waals surface area contributed by atoms with E-state index in [1.807, 2.05) is 23.4 Å². The summed E-state index contributed by atoms with van der Waals surface area (Å²) in [5.74, 6) is 1.08. The molecule has 146 valence electrons. The van der Waals surface area contributed by atoms with Crippen LogP contribution in [-0.4, -0.2) is 88.4 Å². The predicted molar refractivity (Wildman–Crippen MR) is 101 cm³/mol. The normalized spacial score (nSPS) is 24.7. The highest BCUT2D eigenvalue weighted by Crippen LogP contribution is 2.30. The molecule has 0 aromatic carbocycles. The van der Waals surface area contributed by atoms with E-state index >= 15 is 0 Å². The highest BCUT2D eigenvalue weighted by Gasteiger charge is 2.33. The highest BCUT2D eigenvalue weighted by molar-refractivity contribution is 8.00. The molecule has 2 saturated heterocycles. The fourth-order valence-corrected chi connectivity index (χ4v) is 6.18. The van der Waals surface area contributed by atoms with Crippen LogP contribution in [0.3, 0.4) is 0 Å². The molecule has 1 aromatic heterocycles. The molecule has 1 amide bonds. The van der Waals surface area contributed by atoms with Gasteiger partial charge in [0.15, 0.2) is 15.0 Å². The number of hydrogen-bond acceptors (Lipinski definition) is 7. The molecule has 26 heavy (non-hydrogen) atoms.